The Morgan fingerprint density at radius 3 is 2.14 bits per heavy atom. The fourth-order valence-electron chi connectivity index (χ4n) is 1.51. The Labute approximate surface area is 87.4 Å². The molecule has 3 N–H and O–H groups in total. The van der Waals surface area contributed by atoms with Crippen molar-refractivity contribution >= 4 is 5.91 Å². The molecule has 14 heavy (non-hydrogen) atoms. The molecule has 0 aliphatic rings. The molecule has 0 aromatic rings. The highest BCUT2D eigenvalue weighted by atomic mass is 16.1. The second kappa shape index (κ2) is 6.82. The summed E-state index contributed by atoms with van der Waals surface area (Å²) >= 11 is 0. The standard InChI is InChI=1S/C11H24N2O/c1-8(2)5-6-9(3)13-10(4)7-11(12)14/h8-10,13H,5-7H2,1-4H3,(H2,12,14). The Balaban J connectivity index is 3.59. The van der Waals surface area contributed by atoms with Gasteiger partial charge in [-0.25, -0.2) is 0 Å². The van der Waals surface area contributed by atoms with Gasteiger partial charge in [0, 0.05) is 18.5 Å². The largest absolute Gasteiger partial charge is 0.370 e. The monoisotopic (exact) mass is 200 g/mol. The first-order valence-corrected chi connectivity index (χ1v) is 5.46. The first-order chi connectivity index (χ1) is 6.41. The molecule has 0 saturated heterocycles. The van der Waals surface area contributed by atoms with Crippen LogP contribution in [-0.2, 0) is 4.79 Å². The molecule has 0 fully saturated rings. The molecule has 3 nitrogen and oxygen atoms in total. The molecule has 0 bridgehead atoms. The van der Waals surface area contributed by atoms with Crippen molar-refractivity contribution in [2.75, 3.05) is 0 Å². The predicted molar refractivity (Wildman–Crippen MR) is 59.9 cm³/mol. The summed E-state index contributed by atoms with van der Waals surface area (Å²) in [5, 5.41) is 3.37. The highest BCUT2D eigenvalue weighted by Gasteiger charge is 2.09. The van der Waals surface area contributed by atoms with Crippen LogP contribution in [0.2, 0.25) is 0 Å². The normalized spacial score (nSPS) is 15.5. The van der Waals surface area contributed by atoms with Crippen LogP contribution in [0.3, 0.4) is 0 Å². The van der Waals surface area contributed by atoms with Crippen LogP contribution in [0.25, 0.3) is 0 Å². The van der Waals surface area contributed by atoms with Crippen LogP contribution >= 0.6 is 0 Å². The number of hydrogen-bond acceptors (Lipinski definition) is 2. The molecule has 1 amide bonds. The summed E-state index contributed by atoms with van der Waals surface area (Å²) in [4.78, 5) is 10.6. The number of carbonyl (C=O) groups is 1. The summed E-state index contributed by atoms with van der Waals surface area (Å²) in [5.74, 6) is 0.506. The summed E-state index contributed by atoms with van der Waals surface area (Å²) in [6, 6.07) is 0.654. The van der Waals surface area contributed by atoms with Crippen LogP contribution in [-0.4, -0.2) is 18.0 Å². The lowest BCUT2D eigenvalue weighted by atomic mass is 10.0. The second-order valence-corrected chi connectivity index (χ2v) is 4.61. The zero-order chi connectivity index (χ0) is 11.1. The molecule has 0 aliphatic carbocycles. The van der Waals surface area contributed by atoms with E-state index in [4.69, 9.17) is 5.73 Å². The van der Waals surface area contributed by atoms with E-state index < -0.39 is 0 Å². The van der Waals surface area contributed by atoms with Gasteiger partial charge in [-0.15, -0.1) is 0 Å². The third-order valence-corrected chi connectivity index (χ3v) is 2.25. The molecule has 0 aromatic heterocycles. The highest BCUT2D eigenvalue weighted by Crippen LogP contribution is 2.07. The fourth-order valence-corrected chi connectivity index (χ4v) is 1.51. The molecule has 0 saturated carbocycles. The number of nitrogens with one attached hydrogen (secondary N) is 1. The Morgan fingerprint density at radius 1 is 1.14 bits per heavy atom. The average Bonchev–Trinajstić information content (AvgIpc) is 1.98. The van der Waals surface area contributed by atoms with Gasteiger partial charge in [0.2, 0.25) is 5.91 Å². The van der Waals surface area contributed by atoms with E-state index >= 15 is 0 Å². The molecule has 84 valence electrons. The fraction of sp³-hybridized carbons (Fsp3) is 0.909. The highest BCUT2D eigenvalue weighted by molar-refractivity contribution is 5.74. The Morgan fingerprint density at radius 2 is 1.71 bits per heavy atom. The quantitative estimate of drug-likeness (QED) is 0.656. The van der Waals surface area contributed by atoms with Gasteiger partial charge in [-0.05, 0) is 32.6 Å². The molecule has 0 spiro atoms. The molecule has 0 rings (SSSR count). The molecule has 0 aliphatic heterocycles. The van der Waals surface area contributed by atoms with Crippen molar-refractivity contribution < 1.29 is 4.79 Å². The molecule has 0 heterocycles. The molecule has 0 radical (unpaired) electrons. The molecule has 2 atom stereocenters. The van der Waals surface area contributed by atoms with E-state index in [0.29, 0.717) is 12.5 Å². The van der Waals surface area contributed by atoms with E-state index in [1.807, 2.05) is 6.92 Å². The van der Waals surface area contributed by atoms with Gasteiger partial charge in [0.1, 0.15) is 0 Å². The van der Waals surface area contributed by atoms with Crippen molar-refractivity contribution in [3.63, 3.8) is 0 Å². The number of nitrogens with two attached hydrogens (primary N) is 1. The van der Waals surface area contributed by atoms with Gasteiger partial charge in [-0.3, -0.25) is 4.79 Å². The molecular weight excluding hydrogens is 176 g/mol. The Kier molecular flexibility index (Phi) is 6.54. The molecular formula is C11H24N2O. The lowest BCUT2D eigenvalue weighted by molar-refractivity contribution is -0.118. The zero-order valence-electron chi connectivity index (χ0n) is 9.84. The minimum atomic E-state index is -0.235. The molecule has 3 heteroatoms. The van der Waals surface area contributed by atoms with Crippen molar-refractivity contribution in [2.45, 2.75) is 59.0 Å². The average molecular weight is 200 g/mol. The lowest BCUT2D eigenvalue weighted by Gasteiger charge is -2.19. The van der Waals surface area contributed by atoms with E-state index in [1.54, 1.807) is 0 Å². The number of primary amides is 1. The van der Waals surface area contributed by atoms with Gasteiger partial charge < -0.3 is 11.1 Å². The van der Waals surface area contributed by atoms with Gasteiger partial charge in [-0.1, -0.05) is 13.8 Å². The van der Waals surface area contributed by atoms with Gasteiger partial charge >= 0.3 is 0 Å². The van der Waals surface area contributed by atoms with Crippen molar-refractivity contribution in [3.05, 3.63) is 0 Å². The minimum absolute atomic E-state index is 0.190. The van der Waals surface area contributed by atoms with Crippen LogP contribution in [0.15, 0.2) is 0 Å². The number of hydrogen-bond donors (Lipinski definition) is 2. The maximum Gasteiger partial charge on any atom is 0.218 e. The summed E-state index contributed by atoms with van der Waals surface area (Å²) < 4.78 is 0. The third kappa shape index (κ3) is 8.05. The van der Waals surface area contributed by atoms with Crippen molar-refractivity contribution in [2.24, 2.45) is 11.7 Å². The van der Waals surface area contributed by atoms with Crippen LogP contribution in [0.5, 0.6) is 0 Å². The minimum Gasteiger partial charge on any atom is -0.370 e. The number of amides is 1. The van der Waals surface area contributed by atoms with Crippen LogP contribution in [0.4, 0.5) is 0 Å². The smallest absolute Gasteiger partial charge is 0.218 e. The summed E-state index contributed by atoms with van der Waals surface area (Å²) in [6.07, 6.45) is 2.80. The Hall–Kier alpha value is -0.570. The molecule has 2 unspecified atom stereocenters. The topological polar surface area (TPSA) is 55.1 Å². The van der Waals surface area contributed by atoms with E-state index in [9.17, 15) is 4.79 Å². The zero-order valence-corrected chi connectivity index (χ0v) is 9.84. The van der Waals surface area contributed by atoms with Gasteiger partial charge in [0.15, 0.2) is 0 Å². The van der Waals surface area contributed by atoms with E-state index in [-0.39, 0.29) is 11.9 Å². The third-order valence-electron chi connectivity index (χ3n) is 2.25. The van der Waals surface area contributed by atoms with E-state index in [1.165, 1.54) is 6.42 Å². The summed E-state index contributed by atoms with van der Waals surface area (Å²) in [7, 11) is 0. The van der Waals surface area contributed by atoms with E-state index in [0.717, 1.165) is 12.3 Å². The maximum absolute atomic E-state index is 10.6. The van der Waals surface area contributed by atoms with E-state index in [2.05, 4.69) is 26.1 Å². The van der Waals surface area contributed by atoms with Crippen molar-refractivity contribution in [1.82, 2.24) is 5.32 Å². The SMILES string of the molecule is CC(C)CCC(C)NC(C)CC(N)=O. The predicted octanol–water partition coefficient (Wildman–Crippen LogP) is 1.66. The first kappa shape index (κ1) is 13.4. The first-order valence-electron chi connectivity index (χ1n) is 5.46. The summed E-state index contributed by atoms with van der Waals surface area (Å²) in [6.45, 7) is 8.59. The van der Waals surface area contributed by atoms with Gasteiger partial charge in [0.05, 0.1) is 0 Å². The van der Waals surface area contributed by atoms with Gasteiger partial charge in [0.25, 0.3) is 0 Å². The number of carbonyl (C=O) groups excluding carboxylic acids is 1. The van der Waals surface area contributed by atoms with Crippen molar-refractivity contribution in [3.8, 4) is 0 Å². The second-order valence-electron chi connectivity index (χ2n) is 4.61. The maximum atomic E-state index is 10.6. The van der Waals surface area contributed by atoms with Crippen LogP contribution in [0, 0.1) is 5.92 Å². The molecule has 0 aromatic carbocycles. The summed E-state index contributed by atoms with van der Waals surface area (Å²) in [5.41, 5.74) is 5.11. The van der Waals surface area contributed by atoms with Gasteiger partial charge in [-0.2, -0.15) is 0 Å². The Bertz CT molecular complexity index is 169. The lowest BCUT2D eigenvalue weighted by Crippen LogP contribution is -2.37. The van der Waals surface area contributed by atoms with Crippen LogP contribution < -0.4 is 11.1 Å². The number of rotatable bonds is 7. The van der Waals surface area contributed by atoms with Crippen LogP contribution in [0.1, 0.15) is 47.0 Å². The van der Waals surface area contributed by atoms with Crippen molar-refractivity contribution in [1.29, 1.82) is 0 Å².